The fourth-order valence-electron chi connectivity index (χ4n) is 2.51. The summed E-state index contributed by atoms with van der Waals surface area (Å²) in [5, 5.41) is 14.7. The van der Waals surface area contributed by atoms with Gasteiger partial charge in [-0.2, -0.15) is 0 Å². The second-order valence-electron chi connectivity index (χ2n) is 5.54. The number of methoxy groups -OCH3 is 1. The first-order valence-electron chi connectivity index (χ1n) is 7.90. The van der Waals surface area contributed by atoms with E-state index in [0.29, 0.717) is 5.75 Å². The monoisotopic (exact) mass is 351 g/mol. The van der Waals surface area contributed by atoms with Crippen molar-refractivity contribution in [1.29, 1.82) is 0 Å². The molecular weight excluding hydrogens is 334 g/mol. The largest absolute Gasteiger partial charge is 0.505 e. The Morgan fingerprint density at radius 3 is 2.54 bits per heavy atom. The maximum absolute atomic E-state index is 12.1. The Hall–Kier alpha value is -3.54. The highest BCUT2D eigenvalue weighted by Gasteiger charge is 2.16. The Bertz CT molecular complexity index is 967. The number of aromatic hydroxyl groups is 1. The molecule has 0 aliphatic rings. The third-order valence-electron chi connectivity index (χ3n) is 3.81. The number of carbonyl (C=O) groups excluding carboxylic acids is 2. The number of phenols is 1. The second-order valence-corrected chi connectivity index (χ2v) is 5.54. The molecule has 0 spiro atoms. The lowest BCUT2D eigenvalue weighted by molar-refractivity contribution is -0.118. The van der Waals surface area contributed by atoms with Gasteiger partial charge in [0.05, 0.1) is 12.8 Å². The summed E-state index contributed by atoms with van der Waals surface area (Å²) >= 11 is 0. The van der Waals surface area contributed by atoms with Crippen LogP contribution in [0.5, 0.6) is 11.5 Å². The van der Waals surface area contributed by atoms with Crippen molar-refractivity contribution in [2.75, 3.05) is 19.0 Å². The second kappa shape index (κ2) is 7.57. The number of hydrogen-bond donors (Lipinski definition) is 2. The van der Waals surface area contributed by atoms with Crippen molar-refractivity contribution < 1.29 is 24.2 Å². The molecule has 0 unspecified atom stereocenters. The number of benzene rings is 3. The summed E-state index contributed by atoms with van der Waals surface area (Å²) in [6.07, 6.45) is 0. The number of ether oxygens (including phenoxy) is 2. The van der Waals surface area contributed by atoms with E-state index in [0.717, 1.165) is 10.8 Å². The van der Waals surface area contributed by atoms with Crippen LogP contribution in [0, 0.1) is 0 Å². The molecule has 26 heavy (non-hydrogen) atoms. The Kier molecular flexibility index (Phi) is 5.03. The third-order valence-corrected chi connectivity index (χ3v) is 3.81. The van der Waals surface area contributed by atoms with Gasteiger partial charge in [0.2, 0.25) is 0 Å². The molecule has 3 rings (SSSR count). The van der Waals surface area contributed by atoms with Crippen LogP contribution in [0.15, 0.2) is 60.7 Å². The molecule has 0 radical (unpaired) electrons. The molecule has 0 aromatic heterocycles. The first-order valence-corrected chi connectivity index (χ1v) is 7.90. The highest BCUT2D eigenvalue weighted by Crippen LogP contribution is 2.28. The smallest absolute Gasteiger partial charge is 0.341 e. The van der Waals surface area contributed by atoms with Gasteiger partial charge in [-0.1, -0.05) is 36.4 Å². The number of nitrogens with one attached hydrogen (secondary N) is 1. The lowest BCUT2D eigenvalue weighted by Gasteiger charge is -2.11. The van der Waals surface area contributed by atoms with E-state index < -0.39 is 11.9 Å². The van der Waals surface area contributed by atoms with Crippen LogP contribution < -0.4 is 10.1 Å². The molecule has 0 bridgehead atoms. The highest BCUT2D eigenvalue weighted by molar-refractivity contribution is 5.99. The minimum Gasteiger partial charge on any atom is -0.505 e. The Labute approximate surface area is 150 Å². The van der Waals surface area contributed by atoms with Crippen molar-refractivity contribution in [2.24, 2.45) is 0 Å². The number of para-hydroxylation sites is 1. The fraction of sp³-hybridized carbons (Fsp3) is 0.100. The summed E-state index contributed by atoms with van der Waals surface area (Å²) in [5.41, 5.74) is 0.0840. The van der Waals surface area contributed by atoms with Gasteiger partial charge >= 0.3 is 5.97 Å². The minimum atomic E-state index is -0.689. The summed E-state index contributed by atoms with van der Waals surface area (Å²) in [6, 6.07) is 17.8. The third kappa shape index (κ3) is 3.75. The molecule has 6 heteroatoms. The van der Waals surface area contributed by atoms with Gasteiger partial charge < -0.3 is 19.9 Å². The molecule has 3 aromatic carbocycles. The van der Waals surface area contributed by atoms with E-state index in [-0.39, 0.29) is 23.6 Å². The maximum atomic E-state index is 12.1. The van der Waals surface area contributed by atoms with Gasteiger partial charge in [-0.3, -0.25) is 4.79 Å². The molecule has 0 fully saturated rings. The van der Waals surface area contributed by atoms with Gasteiger partial charge in [-0.15, -0.1) is 0 Å². The SMILES string of the molecule is COC(=O)c1cccc(NC(=O)COc2ccc3ccccc3c2)c1O. The molecule has 0 heterocycles. The molecule has 3 aromatic rings. The average molecular weight is 351 g/mol. The zero-order valence-corrected chi connectivity index (χ0v) is 14.1. The quantitative estimate of drug-likeness (QED) is 0.544. The normalized spacial score (nSPS) is 10.3. The lowest BCUT2D eigenvalue weighted by Crippen LogP contribution is -2.20. The summed E-state index contributed by atoms with van der Waals surface area (Å²) in [7, 11) is 1.21. The van der Waals surface area contributed by atoms with Crippen molar-refractivity contribution in [1.82, 2.24) is 0 Å². The topological polar surface area (TPSA) is 84.9 Å². The molecular formula is C20H17NO5. The van der Waals surface area contributed by atoms with Gasteiger partial charge in [-0.25, -0.2) is 4.79 Å². The summed E-state index contributed by atoms with van der Waals surface area (Å²) in [6.45, 7) is -0.236. The van der Waals surface area contributed by atoms with Gasteiger partial charge in [0, 0.05) is 0 Å². The van der Waals surface area contributed by atoms with Crippen LogP contribution in [0.1, 0.15) is 10.4 Å². The van der Waals surface area contributed by atoms with Gasteiger partial charge in [-0.05, 0) is 35.0 Å². The van der Waals surface area contributed by atoms with E-state index >= 15 is 0 Å². The van der Waals surface area contributed by atoms with E-state index in [2.05, 4.69) is 10.1 Å². The predicted octanol–water partition coefficient (Wildman–Crippen LogP) is 3.35. The molecule has 2 N–H and O–H groups in total. The number of phenolic OH excluding ortho intramolecular Hbond substituents is 1. The summed E-state index contributed by atoms with van der Waals surface area (Å²) in [5.74, 6) is -0.939. The van der Waals surface area contributed by atoms with E-state index in [1.54, 1.807) is 6.07 Å². The van der Waals surface area contributed by atoms with Crippen LogP contribution in [-0.2, 0) is 9.53 Å². The fourth-order valence-corrected chi connectivity index (χ4v) is 2.51. The van der Waals surface area contributed by atoms with E-state index in [4.69, 9.17) is 4.74 Å². The predicted molar refractivity (Wildman–Crippen MR) is 97.5 cm³/mol. The standard InChI is InChI=1S/C20H17NO5/c1-25-20(24)16-7-4-8-17(19(16)23)21-18(22)12-26-15-10-9-13-5-2-3-6-14(13)11-15/h2-11,23H,12H2,1H3,(H,21,22). The van der Waals surface area contributed by atoms with Crippen LogP contribution in [0.4, 0.5) is 5.69 Å². The van der Waals surface area contributed by atoms with Crippen molar-refractivity contribution in [3.05, 3.63) is 66.2 Å². The molecule has 1 amide bonds. The number of anilines is 1. The van der Waals surface area contributed by atoms with Crippen LogP contribution in [0.25, 0.3) is 10.8 Å². The Morgan fingerprint density at radius 2 is 1.77 bits per heavy atom. The molecule has 132 valence electrons. The molecule has 0 saturated carbocycles. The van der Waals surface area contributed by atoms with Crippen LogP contribution in [-0.4, -0.2) is 30.7 Å². The average Bonchev–Trinajstić information content (AvgIpc) is 2.67. The zero-order valence-electron chi connectivity index (χ0n) is 14.1. The first-order chi connectivity index (χ1) is 12.6. The molecule has 0 aliphatic heterocycles. The van der Waals surface area contributed by atoms with Crippen LogP contribution >= 0.6 is 0 Å². The number of carbonyl (C=O) groups is 2. The van der Waals surface area contributed by atoms with Crippen LogP contribution in [0.3, 0.4) is 0 Å². The zero-order chi connectivity index (χ0) is 18.5. The van der Waals surface area contributed by atoms with Crippen molar-refractivity contribution in [3.8, 4) is 11.5 Å². The molecule has 0 saturated heterocycles. The number of fused-ring (bicyclic) bond motifs is 1. The number of esters is 1. The maximum Gasteiger partial charge on any atom is 0.341 e. The van der Waals surface area contributed by atoms with Gasteiger partial charge in [0.1, 0.15) is 11.3 Å². The minimum absolute atomic E-state index is 0.0271. The molecule has 6 nitrogen and oxygen atoms in total. The van der Waals surface area contributed by atoms with Gasteiger partial charge in [0.25, 0.3) is 5.91 Å². The van der Waals surface area contributed by atoms with E-state index in [1.165, 1.54) is 25.3 Å². The van der Waals surface area contributed by atoms with Crippen molar-refractivity contribution in [2.45, 2.75) is 0 Å². The van der Waals surface area contributed by atoms with Crippen molar-refractivity contribution >= 4 is 28.3 Å². The number of hydrogen-bond acceptors (Lipinski definition) is 5. The number of rotatable bonds is 5. The highest BCUT2D eigenvalue weighted by atomic mass is 16.5. The van der Waals surface area contributed by atoms with Crippen LogP contribution in [0.2, 0.25) is 0 Å². The van der Waals surface area contributed by atoms with E-state index in [1.807, 2.05) is 36.4 Å². The lowest BCUT2D eigenvalue weighted by atomic mass is 10.1. The Balaban J connectivity index is 1.66. The van der Waals surface area contributed by atoms with E-state index in [9.17, 15) is 14.7 Å². The summed E-state index contributed by atoms with van der Waals surface area (Å²) < 4.78 is 10.1. The van der Waals surface area contributed by atoms with Gasteiger partial charge in [0.15, 0.2) is 12.4 Å². The first kappa shape index (κ1) is 17.3. The van der Waals surface area contributed by atoms with Crippen molar-refractivity contribution in [3.63, 3.8) is 0 Å². The molecule has 0 aliphatic carbocycles. The number of amides is 1. The Morgan fingerprint density at radius 1 is 1.00 bits per heavy atom. The molecule has 0 atom stereocenters. The summed E-state index contributed by atoms with van der Waals surface area (Å²) in [4.78, 5) is 23.7.